The molecule has 6 nitrogen and oxygen atoms in total. The van der Waals surface area contributed by atoms with Crippen LogP contribution in [0.15, 0.2) is 30.6 Å². The van der Waals surface area contributed by atoms with Crippen LogP contribution >= 0.6 is 0 Å². The van der Waals surface area contributed by atoms with E-state index in [4.69, 9.17) is 5.73 Å². The molecule has 2 unspecified atom stereocenters. The maximum absolute atomic E-state index is 13.5. The minimum Gasteiger partial charge on any atom is -0.361 e. The Bertz CT molecular complexity index is 960. The first-order chi connectivity index (χ1) is 12.5. The van der Waals surface area contributed by atoms with Gasteiger partial charge >= 0.3 is 0 Å². The molecule has 2 aromatic heterocycles. The number of nitrogens with one attached hydrogen (secondary N) is 2. The summed E-state index contributed by atoms with van der Waals surface area (Å²) >= 11 is 0. The monoisotopic (exact) mass is 355 g/mol. The van der Waals surface area contributed by atoms with Gasteiger partial charge in [-0.05, 0) is 43.5 Å². The number of benzene rings is 1. The van der Waals surface area contributed by atoms with Crippen LogP contribution in [-0.4, -0.2) is 32.8 Å². The third kappa shape index (κ3) is 3.10. The Morgan fingerprint density at radius 1 is 1.54 bits per heavy atom. The summed E-state index contributed by atoms with van der Waals surface area (Å²) in [6.07, 6.45) is 5.64. The summed E-state index contributed by atoms with van der Waals surface area (Å²) < 4.78 is 15.4. The number of hydrogen-bond donors (Lipinski definition) is 3. The number of nitrogens with zero attached hydrogens (tertiary/aromatic N) is 2. The molecule has 1 aromatic carbocycles. The molecule has 7 heteroatoms. The van der Waals surface area contributed by atoms with Crippen LogP contribution in [0.4, 0.5) is 4.39 Å². The van der Waals surface area contributed by atoms with Crippen molar-refractivity contribution in [1.29, 1.82) is 0 Å². The van der Waals surface area contributed by atoms with Gasteiger partial charge < -0.3 is 16.0 Å². The molecule has 0 radical (unpaired) electrons. The maximum atomic E-state index is 13.5. The normalized spacial score (nSPS) is 17.9. The van der Waals surface area contributed by atoms with Crippen molar-refractivity contribution in [2.75, 3.05) is 0 Å². The number of fused-ring (bicyclic) bond motifs is 2. The number of nitrogens with two attached hydrogens (primary N) is 1. The number of hydrogen-bond acceptors (Lipinski definition) is 3. The summed E-state index contributed by atoms with van der Waals surface area (Å²) in [5.74, 6) is -0.406. The van der Waals surface area contributed by atoms with Gasteiger partial charge in [0.25, 0.3) is 5.91 Å². The van der Waals surface area contributed by atoms with E-state index >= 15 is 0 Å². The van der Waals surface area contributed by atoms with Gasteiger partial charge in [0.2, 0.25) is 0 Å². The number of aromatic amines is 1. The van der Waals surface area contributed by atoms with Crippen molar-refractivity contribution in [1.82, 2.24) is 20.1 Å². The lowest BCUT2D eigenvalue weighted by Gasteiger charge is -2.21. The molecule has 136 valence electrons. The first-order valence-electron chi connectivity index (χ1n) is 8.88. The molecule has 0 saturated heterocycles. The fourth-order valence-electron chi connectivity index (χ4n) is 3.65. The average molecular weight is 355 g/mol. The highest BCUT2D eigenvalue weighted by atomic mass is 19.1. The van der Waals surface area contributed by atoms with Crippen molar-refractivity contribution in [3.05, 3.63) is 53.2 Å². The molecular weight excluding hydrogens is 333 g/mol. The molecule has 0 bridgehead atoms. The third-order valence-corrected chi connectivity index (χ3v) is 4.99. The molecule has 1 aliphatic rings. The number of carbonyl (C=O) groups is 1. The van der Waals surface area contributed by atoms with Crippen molar-refractivity contribution < 1.29 is 9.18 Å². The Morgan fingerprint density at radius 2 is 2.38 bits per heavy atom. The van der Waals surface area contributed by atoms with Gasteiger partial charge in [-0.1, -0.05) is 0 Å². The van der Waals surface area contributed by atoms with Crippen LogP contribution in [0.3, 0.4) is 0 Å². The number of halogens is 1. The molecule has 4 N–H and O–H groups in total. The lowest BCUT2D eigenvalue weighted by Crippen LogP contribution is -2.36. The van der Waals surface area contributed by atoms with Crippen LogP contribution in [0.1, 0.15) is 35.0 Å². The molecule has 0 fully saturated rings. The second-order valence-corrected chi connectivity index (χ2v) is 7.06. The topological polar surface area (TPSA) is 88.7 Å². The Balaban J connectivity index is 1.48. The van der Waals surface area contributed by atoms with E-state index in [0.29, 0.717) is 18.4 Å². The fraction of sp³-hybridized carbons (Fsp3) is 0.368. The average Bonchev–Trinajstić information content (AvgIpc) is 3.18. The maximum Gasteiger partial charge on any atom is 0.254 e. The van der Waals surface area contributed by atoms with E-state index in [-0.39, 0.29) is 23.8 Å². The predicted octanol–water partition coefficient (Wildman–Crippen LogP) is 2.14. The first kappa shape index (κ1) is 16.8. The minimum absolute atomic E-state index is 0.0734. The quantitative estimate of drug-likeness (QED) is 0.670. The molecule has 0 aliphatic carbocycles. The molecule has 0 spiro atoms. The van der Waals surface area contributed by atoms with Crippen LogP contribution in [-0.2, 0) is 19.4 Å². The summed E-state index contributed by atoms with van der Waals surface area (Å²) in [4.78, 5) is 15.8. The molecule has 1 amide bonds. The number of rotatable bonds is 4. The van der Waals surface area contributed by atoms with Crippen molar-refractivity contribution in [3.63, 3.8) is 0 Å². The predicted molar refractivity (Wildman–Crippen MR) is 97.4 cm³/mol. The Kier molecular flexibility index (Phi) is 4.24. The second kappa shape index (κ2) is 6.57. The van der Waals surface area contributed by atoms with Crippen molar-refractivity contribution in [3.8, 4) is 0 Å². The molecule has 3 heterocycles. The lowest BCUT2D eigenvalue weighted by atomic mass is 10.0. The van der Waals surface area contributed by atoms with Gasteiger partial charge in [-0.2, -0.15) is 5.10 Å². The highest BCUT2D eigenvalue weighted by Crippen LogP contribution is 2.21. The largest absolute Gasteiger partial charge is 0.361 e. The Hall–Kier alpha value is -2.67. The summed E-state index contributed by atoms with van der Waals surface area (Å²) in [7, 11) is 0. The summed E-state index contributed by atoms with van der Waals surface area (Å²) in [6, 6.07) is 4.65. The molecule has 2 atom stereocenters. The highest BCUT2D eigenvalue weighted by molar-refractivity contribution is 5.95. The molecule has 1 aliphatic heterocycles. The van der Waals surface area contributed by atoms with Crippen molar-refractivity contribution in [2.45, 2.75) is 44.8 Å². The van der Waals surface area contributed by atoms with Gasteiger partial charge in [-0.15, -0.1) is 0 Å². The SMILES string of the molecule is CC(Cc1c[nH]c2ccc(F)cc12)NC(=O)c1cnn2c1CC(N)CC2. The van der Waals surface area contributed by atoms with E-state index in [1.807, 2.05) is 17.8 Å². The molecule has 26 heavy (non-hydrogen) atoms. The van der Waals surface area contributed by atoms with Gasteiger partial charge in [-0.25, -0.2) is 4.39 Å². The van der Waals surface area contributed by atoms with E-state index in [1.54, 1.807) is 12.3 Å². The van der Waals surface area contributed by atoms with E-state index in [1.165, 1.54) is 12.1 Å². The van der Waals surface area contributed by atoms with Crippen LogP contribution in [0.5, 0.6) is 0 Å². The third-order valence-electron chi connectivity index (χ3n) is 4.99. The molecule has 4 rings (SSSR count). The van der Waals surface area contributed by atoms with Crippen LogP contribution in [0.25, 0.3) is 10.9 Å². The van der Waals surface area contributed by atoms with Gasteiger partial charge in [-0.3, -0.25) is 9.48 Å². The van der Waals surface area contributed by atoms with Gasteiger partial charge in [0.05, 0.1) is 17.5 Å². The highest BCUT2D eigenvalue weighted by Gasteiger charge is 2.24. The Labute approximate surface area is 150 Å². The van der Waals surface area contributed by atoms with Crippen LogP contribution in [0.2, 0.25) is 0 Å². The smallest absolute Gasteiger partial charge is 0.254 e. The minimum atomic E-state index is -0.266. The second-order valence-electron chi connectivity index (χ2n) is 7.06. The van der Waals surface area contributed by atoms with E-state index in [0.717, 1.165) is 35.1 Å². The standard InChI is InChI=1S/C19H22FN5O/c1-11(6-12-9-22-17-3-2-13(20)7-15(12)17)24-19(26)16-10-23-25-5-4-14(21)8-18(16)25/h2-3,7,9-11,14,22H,4-6,8,21H2,1H3,(H,24,26). The zero-order valence-corrected chi connectivity index (χ0v) is 14.6. The number of aryl methyl sites for hydroxylation is 1. The van der Waals surface area contributed by atoms with Crippen molar-refractivity contribution in [2.24, 2.45) is 5.73 Å². The van der Waals surface area contributed by atoms with E-state index in [9.17, 15) is 9.18 Å². The first-order valence-corrected chi connectivity index (χ1v) is 8.88. The summed E-state index contributed by atoms with van der Waals surface area (Å²) in [5, 5.41) is 8.17. The molecule has 3 aromatic rings. The molecule has 0 saturated carbocycles. The van der Waals surface area contributed by atoms with Crippen LogP contribution in [0, 0.1) is 5.82 Å². The van der Waals surface area contributed by atoms with E-state index in [2.05, 4.69) is 15.4 Å². The van der Waals surface area contributed by atoms with E-state index < -0.39 is 0 Å². The number of amides is 1. The fourth-order valence-corrected chi connectivity index (χ4v) is 3.65. The Morgan fingerprint density at radius 3 is 3.23 bits per heavy atom. The van der Waals surface area contributed by atoms with Gasteiger partial charge in [0.1, 0.15) is 5.82 Å². The van der Waals surface area contributed by atoms with Gasteiger partial charge in [0.15, 0.2) is 0 Å². The molecular formula is C19H22FN5O. The van der Waals surface area contributed by atoms with Gasteiger partial charge in [0, 0.05) is 42.1 Å². The zero-order chi connectivity index (χ0) is 18.3. The van der Waals surface area contributed by atoms with Crippen molar-refractivity contribution >= 4 is 16.8 Å². The number of aromatic nitrogens is 3. The number of H-pyrrole nitrogens is 1. The summed E-state index contributed by atoms with van der Waals surface area (Å²) in [6.45, 7) is 2.69. The number of carbonyl (C=O) groups excluding carboxylic acids is 1. The zero-order valence-electron chi connectivity index (χ0n) is 14.6. The van der Waals surface area contributed by atoms with Crippen LogP contribution < -0.4 is 11.1 Å². The lowest BCUT2D eigenvalue weighted by molar-refractivity contribution is 0.0938. The summed E-state index contributed by atoms with van der Waals surface area (Å²) in [5.41, 5.74) is 9.39.